The monoisotopic (exact) mass is 242 g/mol. The Labute approximate surface area is 100 Å². The highest BCUT2D eigenvalue weighted by Gasteiger charge is 2.13. The van der Waals surface area contributed by atoms with E-state index in [1.807, 2.05) is 6.92 Å². The van der Waals surface area contributed by atoms with Gasteiger partial charge in [0.1, 0.15) is 6.10 Å². The number of methoxy groups -OCH3 is 1. The fraction of sp³-hybridized carbons (Fsp3) is 0.333. The van der Waals surface area contributed by atoms with E-state index in [0.29, 0.717) is 22.1 Å². The summed E-state index contributed by atoms with van der Waals surface area (Å²) >= 11 is 6.04. The molecule has 0 spiro atoms. The van der Waals surface area contributed by atoms with E-state index in [-0.39, 0.29) is 12.7 Å². The fourth-order valence-electron chi connectivity index (χ4n) is 1.21. The van der Waals surface area contributed by atoms with Gasteiger partial charge in [0.2, 0.25) is 0 Å². The number of hydrogen-bond acceptors (Lipinski definition) is 3. The van der Waals surface area contributed by atoms with Gasteiger partial charge in [-0.2, -0.15) is 0 Å². The van der Waals surface area contributed by atoms with E-state index in [0.717, 1.165) is 0 Å². The number of ether oxygens (including phenoxy) is 2. The first-order valence-electron chi connectivity index (χ1n) is 4.88. The van der Waals surface area contributed by atoms with Crippen molar-refractivity contribution >= 4 is 11.6 Å². The molecule has 1 unspecified atom stereocenters. The van der Waals surface area contributed by atoms with Gasteiger partial charge in [-0.25, -0.2) is 0 Å². The van der Waals surface area contributed by atoms with Crippen molar-refractivity contribution in [3.05, 3.63) is 35.4 Å². The number of hydrogen-bond donors (Lipinski definition) is 1. The molecule has 0 amide bonds. The van der Waals surface area contributed by atoms with Crippen molar-refractivity contribution < 1.29 is 14.6 Å². The van der Waals surface area contributed by atoms with Gasteiger partial charge in [-0.15, -0.1) is 0 Å². The van der Waals surface area contributed by atoms with E-state index in [1.54, 1.807) is 18.2 Å². The predicted molar refractivity (Wildman–Crippen MR) is 64.2 cm³/mol. The molecule has 1 rings (SSSR count). The van der Waals surface area contributed by atoms with Gasteiger partial charge < -0.3 is 14.6 Å². The lowest BCUT2D eigenvalue weighted by atomic mass is 10.2. The maximum Gasteiger partial charge on any atom is 0.180 e. The molecule has 1 atom stereocenters. The highest BCUT2D eigenvalue weighted by molar-refractivity contribution is 6.32. The van der Waals surface area contributed by atoms with E-state index in [4.69, 9.17) is 26.2 Å². The van der Waals surface area contributed by atoms with Gasteiger partial charge in [0.15, 0.2) is 11.5 Å². The largest absolute Gasteiger partial charge is 0.493 e. The molecule has 0 aliphatic rings. The minimum Gasteiger partial charge on any atom is -0.493 e. The van der Waals surface area contributed by atoms with Crippen LogP contribution in [0.2, 0.25) is 5.02 Å². The van der Waals surface area contributed by atoms with Crippen LogP contribution in [0.3, 0.4) is 0 Å². The van der Waals surface area contributed by atoms with Gasteiger partial charge in [-0.05, 0) is 24.6 Å². The summed E-state index contributed by atoms with van der Waals surface area (Å²) in [4.78, 5) is 0. The SMILES string of the molecule is C=CC(C)Oc1c(Cl)cc(CO)cc1OC. The van der Waals surface area contributed by atoms with Crippen molar-refractivity contribution in [3.63, 3.8) is 0 Å². The molecule has 4 heteroatoms. The van der Waals surface area contributed by atoms with Crippen LogP contribution in [-0.2, 0) is 6.61 Å². The highest BCUT2D eigenvalue weighted by Crippen LogP contribution is 2.37. The van der Waals surface area contributed by atoms with E-state index in [2.05, 4.69) is 6.58 Å². The number of aliphatic hydroxyl groups is 1. The number of aliphatic hydroxyl groups excluding tert-OH is 1. The molecule has 0 aliphatic carbocycles. The van der Waals surface area contributed by atoms with Crippen LogP contribution in [0.15, 0.2) is 24.8 Å². The van der Waals surface area contributed by atoms with Gasteiger partial charge in [0.25, 0.3) is 0 Å². The maximum absolute atomic E-state index is 9.03. The fourth-order valence-corrected chi connectivity index (χ4v) is 1.49. The van der Waals surface area contributed by atoms with Crippen LogP contribution in [0.5, 0.6) is 11.5 Å². The molecular formula is C12H15ClO3. The summed E-state index contributed by atoms with van der Waals surface area (Å²) in [6.07, 6.45) is 1.50. The second kappa shape index (κ2) is 5.77. The molecule has 0 heterocycles. The molecule has 0 aliphatic heterocycles. The zero-order chi connectivity index (χ0) is 12.1. The molecule has 0 bridgehead atoms. The lowest BCUT2D eigenvalue weighted by molar-refractivity contribution is 0.253. The standard InChI is InChI=1S/C12H15ClO3/c1-4-8(2)16-12-10(13)5-9(7-14)6-11(12)15-3/h4-6,8,14H,1,7H2,2-3H3. The van der Waals surface area contributed by atoms with Gasteiger partial charge >= 0.3 is 0 Å². The minimum atomic E-state index is -0.161. The van der Waals surface area contributed by atoms with Crippen LogP contribution in [0.25, 0.3) is 0 Å². The van der Waals surface area contributed by atoms with Crippen molar-refractivity contribution in [2.75, 3.05) is 7.11 Å². The minimum absolute atomic E-state index is 0.0899. The molecule has 0 fully saturated rings. The van der Waals surface area contributed by atoms with E-state index < -0.39 is 0 Å². The molecule has 3 nitrogen and oxygen atoms in total. The molecule has 1 aromatic carbocycles. The summed E-state index contributed by atoms with van der Waals surface area (Å²) in [5.74, 6) is 0.971. The Balaban J connectivity index is 3.10. The van der Waals surface area contributed by atoms with Crippen molar-refractivity contribution in [3.8, 4) is 11.5 Å². The third-order valence-corrected chi connectivity index (χ3v) is 2.39. The second-order valence-corrected chi connectivity index (χ2v) is 3.73. The van der Waals surface area contributed by atoms with E-state index >= 15 is 0 Å². The van der Waals surface area contributed by atoms with Crippen molar-refractivity contribution in [1.82, 2.24) is 0 Å². The summed E-state index contributed by atoms with van der Waals surface area (Å²) in [5.41, 5.74) is 0.681. The van der Waals surface area contributed by atoms with Crippen LogP contribution < -0.4 is 9.47 Å². The Hall–Kier alpha value is -1.19. The molecular weight excluding hydrogens is 228 g/mol. The Morgan fingerprint density at radius 3 is 2.75 bits per heavy atom. The lowest BCUT2D eigenvalue weighted by Gasteiger charge is -2.16. The summed E-state index contributed by atoms with van der Waals surface area (Å²) in [6.45, 7) is 5.39. The van der Waals surface area contributed by atoms with Crippen LogP contribution in [0, 0.1) is 0 Å². The van der Waals surface area contributed by atoms with Crippen LogP contribution >= 0.6 is 11.6 Å². The normalized spacial score (nSPS) is 12.0. The summed E-state index contributed by atoms with van der Waals surface area (Å²) < 4.78 is 10.7. The van der Waals surface area contributed by atoms with E-state index in [1.165, 1.54) is 7.11 Å². The van der Waals surface area contributed by atoms with E-state index in [9.17, 15) is 0 Å². The zero-order valence-corrected chi connectivity index (χ0v) is 10.1. The van der Waals surface area contributed by atoms with Gasteiger partial charge in [-0.1, -0.05) is 24.3 Å². The average molecular weight is 243 g/mol. The lowest BCUT2D eigenvalue weighted by Crippen LogP contribution is -2.09. The Bertz CT molecular complexity index is 377. The number of halogens is 1. The number of rotatable bonds is 5. The van der Waals surface area contributed by atoms with Crippen molar-refractivity contribution in [2.45, 2.75) is 19.6 Å². The third-order valence-electron chi connectivity index (χ3n) is 2.11. The highest BCUT2D eigenvalue weighted by atomic mass is 35.5. The molecule has 1 aromatic rings. The molecule has 1 N–H and O–H groups in total. The smallest absolute Gasteiger partial charge is 0.180 e. The molecule has 0 saturated heterocycles. The topological polar surface area (TPSA) is 38.7 Å². The Morgan fingerprint density at radius 1 is 1.56 bits per heavy atom. The summed E-state index contributed by atoms with van der Waals surface area (Å²) in [7, 11) is 1.53. The first-order chi connectivity index (χ1) is 7.62. The second-order valence-electron chi connectivity index (χ2n) is 3.33. The molecule has 0 radical (unpaired) electrons. The zero-order valence-electron chi connectivity index (χ0n) is 9.37. The molecule has 16 heavy (non-hydrogen) atoms. The summed E-state index contributed by atoms with van der Waals surface area (Å²) in [5, 5.41) is 9.44. The Kier molecular flexibility index (Phi) is 4.65. The van der Waals surface area contributed by atoms with Crippen LogP contribution in [-0.4, -0.2) is 18.3 Å². The first kappa shape index (κ1) is 12.9. The van der Waals surface area contributed by atoms with Crippen molar-refractivity contribution in [1.29, 1.82) is 0 Å². The van der Waals surface area contributed by atoms with Gasteiger partial charge in [0, 0.05) is 0 Å². The quantitative estimate of drug-likeness (QED) is 0.807. The van der Waals surface area contributed by atoms with Crippen LogP contribution in [0.4, 0.5) is 0 Å². The van der Waals surface area contributed by atoms with Gasteiger partial charge in [0.05, 0.1) is 18.7 Å². The van der Waals surface area contributed by atoms with Gasteiger partial charge in [-0.3, -0.25) is 0 Å². The summed E-state index contributed by atoms with van der Waals surface area (Å²) in [6, 6.07) is 3.34. The van der Waals surface area contributed by atoms with Crippen molar-refractivity contribution in [2.24, 2.45) is 0 Å². The molecule has 0 aromatic heterocycles. The third kappa shape index (κ3) is 2.90. The first-order valence-corrected chi connectivity index (χ1v) is 5.26. The maximum atomic E-state index is 9.03. The molecule has 0 saturated carbocycles. The predicted octanol–water partition coefficient (Wildman–Crippen LogP) is 2.79. The Morgan fingerprint density at radius 2 is 2.25 bits per heavy atom. The molecule has 88 valence electrons. The van der Waals surface area contributed by atoms with Crippen LogP contribution in [0.1, 0.15) is 12.5 Å². The number of benzene rings is 1. The average Bonchev–Trinajstić information content (AvgIpc) is 2.30.